The van der Waals surface area contributed by atoms with Gasteiger partial charge in [0.2, 0.25) is 0 Å². The van der Waals surface area contributed by atoms with E-state index < -0.39 is 11.6 Å². The molecule has 0 aliphatic rings. The smallest absolute Gasteiger partial charge is 0.131 e. The van der Waals surface area contributed by atoms with Crippen molar-refractivity contribution in [2.24, 2.45) is 5.73 Å². The van der Waals surface area contributed by atoms with Crippen molar-refractivity contribution in [3.8, 4) is 11.3 Å². The highest BCUT2D eigenvalue weighted by molar-refractivity contribution is 6.35. The van der Waals surface area contributed by atoms with Gasteiger partial charge in [-0.05, 0) is 29.8 Å². The first kappa shape index (κ1) is 15.6. The second-order valence-electron chi connectivity index (χ2n) is 5.09. The van der Waals surface area contributed by atoms with E-state index in [2.05, 4.69) is 11.6 Å². The minimum absolute atomic E-state index is 0.144. The lowest BCUT2D eigenvalue weighted by Gasteiger charge is -2.09. The first-order valence-corrected chi connectivity index (χ1v) is 7.32. The number of rotatable bonds is 3. The molecule has 23 heavy (non-hydrogen) atoms. The molecule has 3 aromatic rings. The molecule has 0 saturated heterocycles. The van der Waals surface area contributed by atoms with E-state index in [0.717, 1.165) is 10.9 Å². The molecule has 0 bridgehead atoms. The van der Waals surface area contributed by atoms with Crippen molar-refractivity contribution in [3.05, 3.63) is 70.8 Å². The molecule has 0 unspecified atom stereocenters. The Kier molecular flexibility index (Phi) is 4.11. The molecule has 0 aliphatic heterocycles. The third kappa shape index (κ3) is 2.83. The highest BCUT2D eigenvalue weighted by atomic mass is 35.5. The van der Waals surface area contributed by atoms with E-state index in [1.54, 1.807) is 12.1 Å². The summed E-state index contributed by atoms with van der Waals surface area (Å²) >= 11 is 6.27. The molecule has 0 fully saturated rings. The lowest BCUT2D eigenvalue weighted by Crippen LogP contribution is -2.04. The number of aromatic nitrogens is 1. The molecule has 2 aromatic carbocycles. The van der Waals surface area contributed by atoms with Crippen LogP contribution < -0.4 is 5.73 Å². The van der Waals surface area contributed by atoms with Crippen molar-refractivity contribution < 1.29 is 8.78 Å². The number of pyridine rings is 1. The van der Waals surface area contributed by atoms with E-state index >= 15 is 0 Å². The molecule has 0 aliphatic carbocycles. The SMILES string of the molecule is C=Cc1ccc2c(Cl)cc(-c3cc(F)c(CN)c(F)c3)nc2c1. The van der Waals surface area contributed by atoms with Gasteiger partial charge < -0.3 is 5.73 Å². The fourth-order valence-electron chi connectivity index (χ4n) is 2.42. The van der Waals surface area contributed by atoms with Crippen LogP contribution in [0.1, 0.15) is 11.1 Å². The number of fused-ring (bicyclic) bond motifs is 1. The van der Waals surface area contributed by atoms with Gasteiger partial charge in [-0.3, -0.25) is 0 Å². The maximum absolute atomic E-state index is 13.9. The van der Waals surface area contributed by atoms with Crippen LogP contribution >= 0.6 is 11.6 Å². The van der Waals surface area contributed by atoms with Crippen molar-refractivity contribution in [3.63, 3.8) is 0 Å². The number of hydrogen-bond donors (Lipinski definition) is 1. The van der Waals surface area contributed by atoms with Gasteiger partial charge in [0.05, 0.1) is 16.2 Å². The van der Waals surface area contributed by atoms with Gasteiger partial charge in [-0.15, -0.1) is 0 Å². The lowest BCUT2D eigenvalue weighted by atomic mass is 10.0. The van der Waals surface area contributed by atoms with Crippen molar-refractivity contribution in [1.82, 2.24) is 4.98 Å². The van der Waals surface area contributed by atoms with E-state index in [1.165, 1.54) is 12.1 Å². The molecular formula is C18H13ClF2N2. The van der Waals surface area contributed by atoms with Gasteiger partial charge in [0.1, 0.15) is 11.6 Å². The molecule has 0 amide bonds. The summed E-state index contributed by atoms with van der Waals surface area (Å²) in [6.45, 7) is 3.51. The van der Waals surface area contributed by atoms with Gasteiger partial charge in [-0.2, -0.15) is 0 Å². The van der Waals surface area contributed by atoms with Crippen LogP contribution in [0, 0.1) is 11.6 Å². The summed E-state index contributed by atoms with van der Waals surface area (Å²) in [6.07, 6.45) is 1.69. The Morgan fingerprint density at radius 1 is 1.13 bits per heavy atom. The molecule has 0 radical (unpaired) electrons. The van der Waals surface area contributed by atoms with Gasteiger partial charge in [0.25, 0.3) is 0 Å². The van der Waals surface area contributed by atoms with Gasteiger partial charge >= 0.3 is 0 Å². The minimum atomic E-state index is -0.694. The number of benzene rings is 2. The van der Waals surface area contributed by atoms with Gasteiger partial charge in [0.15, 0.2) is 0 Å². The normalized spacial score (nSPS) is 11.0. The van der Waals surface area contributed by atoms with Crippen LogP contribution in [0.25, 0.3) is 28.2 Å². The molecule has 2 nitrogen and oxygen atoms in total. The minimum Gasteiger partial charge on any atom is -0.326 e. The zero-order chi connectivity index (χ0) is 16.6. The zero-order valence-electron chi connectivity index (χ0n) is 12.1. The Labute approximate surface area is 137 Å². The molecule has 116 valence electrons. The van der Waals surface area contributed by atoms with Crippen LogP contribution in [0.2, 0.25) is 5.02 Å². The molecular weight excluding hydrogens is 318 g/mol. The molecule has 3 rings (SSSR count). The van der Waals surface area contributed by atoms with E-state index in [9.17, 15) is 8.78 Å². The predicted octanol–water partition coefficient (Wildman–Crippen LogP) is 4.94. The van der Waals surface area contributed by atoms with E-state index in [4.69, 9.17) is 17.3 Å². The number of halogens is 3. The first-order chi connectivity index (χ1) is 11.0. The van der Waals surface area contributed by atoms with Crippen molar-refractivity contribution in [2.75, 3.05) is 0 Å². The third-order valence-electron chi connectivity index (χ3n) is 3.66. The fraction of sp³-hybridized carbons (Fsp3) is 0.0556. The fourth-order valence-corrected chi connectivity index (χ4v) is 2.69. The van der Waals surface area contributed by atoms with Crippen LogP contribution in [0.4, 0.5) is 8.78 Å². The molecule has 0 saturated carbocycles. The lowest BCUT2D eigenvalue weighted by molar-refractivity contribution is 0.557. The number of nitrogens with zero attached hydrogens (tertiary/aromatic N) is 1. The summed E-state index contributed by atoms with van der Waals surface area (Å²) in [5.41, 5.74) is 7.42. The summed E-state index contributed by atoms with van der Waals surface area (Å²) in [5, 5.41) is 1.23. The average Bonchev–Trinajstić information content (AvgIpc) is 2.53. The molecule has 5 heteroatoms. The number of hydrogen-bond acceptors (Lipinski definition) is 2. The van der Waals surface area contributed by atoms with Gasteiger partial charge in [-0.25, -0.2) is 13.8 Å². The molecule has 1 heterocycles. The second kappa shape index (κ2) is 6.07. The Hall–Kier alpha value is -2.30. The van der Waals surface area contributed by atoms with E-state index in [0.29, 0.717) is 21.8 Å². The first-order valence-electron chi connectivity index (χ1n) is 6.94. The van der Waals surface area contributed by atoms with Gasteiger partial charge in [0, 0.05) is 23.1 Å². The standard InChI is InChI=1S/C18H13ClF2N2/c1-2-10-3-4-12-14(19)8-17(23-18(12)5-10)11-6-15(20)13(9-22)16(21)7-11/h2-8H,1,9,22H2. The van der Waals surface area contributed by atoms with Crippen LogP contribution in [0.3, 0.4) is 0 Å². The molecule has 2 N–H and O–H groups in total. The van der Waals surface area contributed by atoms with Crippen molar-refractivity contribution in [2.45, 2.75) is 6.54 Å². The number of nitrogens with two attached hydrogens (primary N) is 1. The Morgan fingerprint density at radius 3 is 2.43 bits per heavy atom. The van der Waals surface area contributed by atoms with Crippen molar-refractivity contribution >= 4 is 28.6 Å². The van der Waals surface area contributed by atoms with Gasteiger partial charge in [-0.1, -0.05) is 36.4 Å². The summed E-state index contributed by atoms with van der Waals surface area (Å²) in [7, 11) is 0. The Balaban J connectivity index is 2.22. The molecule has 1 aromatic heterocycles. The average molecular weight is 331 g/mol. The summed E-state index contributed by atoms with van der Waals surface area (Å²) < 4.78 is 27.9. The van der Waals surface area contributed by atoms with Crippen LogP contribution in [-0.2, 0) is 6.54 Å². The summed E-state index contributed by atoms with van der Waals surface area (Å²) in [6, 6.07) is 9.55. The Bertz CT molecular complexity index is 899. The van der Waals surface area contributed by atoms with Crippen molar-refractivity contribution in [1.29, 1.82) is 0 Å². The quantitative estimate of drug-likeness (QED) is 0.739. The maximum Gasteiger partial charge on any atom is 0.131 e. The topological polar surface area (TPSA) is 38.9 Å². The highest BCUT2D eigenvalue weighted by Gasteiger charge is 2.13. The second-order valence-corrected chi connectivity index (χ2v) is 5.50. The third-order valence-corrected chi connectivity index (χ3v) is 3.97. The van der Waals surface area contributed by atoms with E-state index in [-0.39, 0.29) is 12.1 Å². The van der Waals surface area contributed by atoms with Crippen LogP contribution in [0.5, 0.6) is 0 Å². The van der Waals surface area contributed by atoms with Crippen LogP contribution in [0.15, 0.2) is 43.0 Å². The maximum atomic E-state index is 13.9. The molecule has 0 atom stereocenters. The zero-order valence-corrected chi connectivity index (χ0v) is 12.9. The largest absolute Gasteiger partial charge is 0.326 e. The summed E-state index contributed by atoms with van der Waals surface area (Å²) in [5.74, 6) is -1.39. The highest BCUT2D eigenvalue weighted by Crippen LogP contribution is 2.30. The monoisotopic (exact) mass is 330 g/mol. The van der Waals surface area contributed by atoms with Crippen LogP contribution in [-0.4, -0.2) is 4.98 Å². The predicted molar refractivity (Wildman–Crippen MR) is 90.1 cm³/mol. The Morgan fingerprint density at radius 2 is 1.83 bits per heavy atom. The summed E-state index contributed by atoms with van der Waals surface area (Å²) in [4.78, 5) is 4.46. The van der Waals surface area contributed by atoms with E-state index in [1.807, 2.05) is 18.2 Å². The molecule has 0 spiro atoms.